The molecule has 34 heteroatoms. The minimum Gasteiger partial charge on any atom is -0.480 e. The summed E-state index contributed by atoms with van der Waals surface area (Å²) < 4.78 is 0. The van der Waals surface area contributed by atoms with Gasteiger partial charge in [-0.05, 0) is 65.2 Å². The Morgan fingerprint density at radius 3 is 1.05 bits per heavy atom. The third kappa shape index (κ3) is 33.5. The molecule has 0 heterocycles. The van der Waals surface area contributed by atoms with E-state index in [0.29, 0.717) is 0 Å². The zero-order chi connectivity index (χ0) is 54.2. The fourth-order valence-corrected chi connectivity index (χ4v) is 8.02. The molecule has 418 valence electrons. The summed E-state index contributed by atoms with van der Waals surface area (Å²) in [6.45, 7) is 4.04. The lowest BCUT2D eigenvalue weighted by Crippen LogP contribution is -2.59. The van der Waals surface area contributed by atoms with Crippen molar-refractivity contribution in [3.8, 4) is 0 Å². The van der Waals surface area contributed by atoms with Crippen molar-refractivity contribution >= 4 is 111 Å². The van der Waals surface area contributed by atoms with Crippen molar-refractivity contribution in [3.05, 3.63) is 0 Å². The predicted octanol–water partition coefficient (Wildman–Crippen LogP) is -7.01. The highest BCUT2D eigenvalue weighted by Crippen LogP contribution is 2.23. The third-order valence-corrected chi connectivity index (χ3v) is 11.9. The van der Waals surface area contributed by atoms with Crippen molar-refractivity contribution in [2.75, 3.05) is 37.7 Å². The maximum absolute atomic E-state index is 14.1. The van der Waals surface area contributed by atoms with E-state index in [2.05, 4.69) is 57.2 Å². The Morgan fingerprint density at radius 2 is 0.740 bits per heavy atom. The second-order valence-electron chi connectivity index (χ2n) is 15.7. The molecule has 28 N–H and O–H groups in total. The molecule has 0 spiro atoms. The lowest BCUT2D eigenvalue weighted by Gasteiger charge is -2.27. The summed E-state index contributed by atoms with van der Waals surface area (Å²) in [5.41, 5.74) is 54.4. The van der Waals surface area contributed by atoms with Gasteiger partial charge in [-0.1, -0.05) is 29.0 Å². The topological polar surface area (TPSA) is 568 Å². The number of nitrogens with one attached hydrogen (secondary N) is 7. The Hall–Kier alpha value is -6.74. The molecule has 0 aliphatic carbocycles. The van der Waals surface area contributed by atoms with E-state index in [-0.39, 0.29) is 133 Å². The van der Waals surface area contributed by atoms with Crippen molar-refractivity contribution in [1.29, 1.82) is 0 Å². The van der Waals surface area contributed by atoms with Crippen molar-refractivity contribution in [3.63, 3.8) is 0 Å². The molecule has 0 bridgehead atoms. The van der Waals surface area contributed by atoms with Crippen LogP contribution in [0.25, 0.3) is 0 Å². The summed E-state index contributed by atoms with van der Waals surface area (Å²) in [5, 5.41) is 26.7. The van der Waals surface area contributed by atoms with Gasteiger partial charge >= 0.3 is 5.97 Å². The van der Waals surface area contributed by atoms with Crippen LogP contribution in [0.5, 0.6) is 0 Å². The van der Waals surface area contributed by atoms with Crippen LogP contribution in [0.1, 0.15) is 79.6 Å². The fraction of sp³-hybridized carbons (Fsp3) is 0.667. The summed E-state index contributed by atoms with van der Waals surface area (Å²) in [7, 11) is 2.12. The first-order valence-electron chi connectivity index (χ1n) is 22.1. The second-order valence-corrected chi connectivity index (χ2v) is 18.2. The molecule has 0 saturated heterocycles. The Morgan fingerprint density at radius 1 is 0.452 bits per heavy atom. The van der Waals surface area contributed by atoms with E-state index in [4.69, 9.17) is 62.4 Å². The van der Waals surface area contributed by atoms with Gasteiger partial charge in [0.05, 0.1) is 0 Å². The number of aliphatic carboxylic acids is 1. The average Bonchev–Trinajstić information content (AvgIpc) is 3.27. The highest BCUT2D eigenvalue weighted by Gasteiger charge is 2.32. The number of halogens is 1. The third-order valence-electron chi connectivity index (χ3n) is 9.42. The normalized spacial score (nSPS) is 13.6. The van der Waals surface area contributed by atoms with Gasteiger partial charge in [-0.25, -0.2) is 0 Å². The average molecular weight is 1100 g/mol. The van der Waals surface area contributed by atoms with Crippen LogP contribution in [0.15, 0.2) is 20.0 Å². The van der Waals surface area contributed by atoms with Gasteiger partial charge in [-0.15, -0.1) is 12.4 Å². The van der Waals surface area contributed by atoms with Crippen LogP contribution in [0.4, 0.5) is 0 Å². The lowest BCUT2D eigenvalue weighted by atomic mass is 10.0. The molecule has 0 aliphatic rings. The lowest BCUT2D eigenvalue weighted by molar-refractivity contribution is -0.138. The first-order valence-corrected chi connectivity index (χ1v) is 24.6. The summed E-state index contributed by atoms with van der Waals surface area (Å²) in [4.78, 5) is 133. The largest absolute Gasteiger partial charge is 0.480 e. The van der Waals surface area contributed by atoms with Gasteiger partial charge in [0, 0.05) is 44.6 Å². The highest BCUT2D eigenvalue weighted by molar-refractivity contribution is 8.76. The molecule has 0 aromatic rings. The van der Waals surface area contributed by atoms with Gasteiger partial charge in [0.1, 0.15) is 48.3 Å². The van der Waals surface area contributed by atoms with E-state index in [1.807, 2.05) is 0 Å². The SMILES string of the molecule is C.CC(=O)N[C@H](CSSC[C@H](N)C(=O)O)C(=O)N[C@H](C)C(=O)N[C@H](CCCN=C(N)N)C(=O)N[C@H](CCCN=C(N)N)C(=O)N[C@H](CCCN=C(N)N)C(=O)N[C@H](C)C(=O)N[C@H](CCCN=C(N)N)C(N)=O.Cl. The van der Waals surface area contributed by atoms with E-state index in [1.54, 1.807) is 0 Å². The molecule has 0 saturated carbocycles. The molecule has 0 aromatic heterocycles. The standard InChI is InChI=1S/C38H73N21O10S2.CH4.ClH/c1-18(28(62)56-22(27(40)61)8-4-12-49-35(41)42)53-30(64)23(9-5-13-50-36(43)44)58-32(66)25(11-7-15-52-38(47)48)59-31(65)24(10-6-14-51-37(45)46)57-29(63)19(2)54-33(67)26(55-20(3)60)17-71-70-16-21(39)34(68)69;;/h18-19,21-26H,4-17,39H2,1-3H3,(H2,40,61)(H,53,64)(H,54,67)(H,55,60)(H,56,62)(H,57,63)(H,58,66)(H,59,65)(H,68,69)(H4,41,42,49)(H4,43,44,50)(H4,45,46,51)(H4,47,48,52);1H4;1H/t18-,19-,21+,22-,23-,24-,25-,26-;;/m1../s1. The van der Waals surface area contributed by atoms with Gasteiger partial charge in [0.2, 0.25) is 47.3 Å². The zero-order valence-electron chi connectivity index (χ0n) is 40.4. The van der Waals surface area contributed by atoms with Crippen LogP contribution in [0, 0.1) is 0 Å². The first-order chi connectivity index (χ1) is 33.2. The van der Waals surface area contributed by atoms with Crippen LogP contribution in [0.2, 0.25) is 0 Å². The molecule has 0 rings (SSSR count). The number of carboxylic acid groups (broad SMARTS) is 1. The number of hydrogen-bond acceptors (Lipinski definition) is 16. The van der Waals surface area contributed by atoms with Gasteiger partial charge in [-0.2, -0.15) is 0 Å². The number of aliphatic imine (C=N–C) groups is 4. The minimum atomic E-state index is -1.41. The number of hydrogen-bond donors (Lipinski definition) is 18. The van der Waals surface area contributed by atoms with E-state index in [1.165, 1.54) is 20.8 Å². The molecule has 0 aromatic carbocycles. The summed E-state index contributed by atoms with van der Waals surface area (Å²) in [5.74, 6) is -8.58. The molecule has 0 radical (unpaired) electrons. The van der Waals surface area contributed by atoms with Crippen LogP contribution < -0.4 is 94.6 Å². The van der Waals surface area contributed by atoms with E-state index >= 15 is 0 Å². The highest BCUT2D eigenvalue weighted by atomic mass is 35.5. The number of guanidine groups is 4. The zero-order valence-corrected chi connectivity index (χ0v) is 42.9. The smallest absolute Gasteiger partial charge is 0.321 e. The van der Waals surface area contributed by atoms with Crippen LogP contribution in [-0.2, 0) is 43.2 Å². The number of rotatable bonds is 36. The summed E-state index contributed by atoms with van der Waals surface area (Å²) in [6, 6.07) is -10.2. The molecular formula is C39H78ClN21O10S2. The van der Waals surface area contributed by atoms with Crippen molar-refractivity contribution in [2.24, 2.45) is 77.3 Å². The number of nitrogens with zero attached hydrogens (tertiary/aromatic N) is 4. The second kappa shape index (κ2) is 38.9. The molecule has 31 nitrogen and oxygen atoms in total. The predicted molar refractivity (Wildman–Crippen MR) is 284 cm³/mol. The van der Waals surface area contributed by atoms with Gasteiger partial charge in [0.15, 0.2) is 23.8 Å². The fourth-order valence-electron chi connectivity index (χ4n) is 5.74. The number of amides is 8. The minimum absolute atomic E-state index is 0. The molecule has 0 fully saturated rings. The first kappa shape index (κ1) is 70.5. The van der Waals surface area contributed by atoms with Crippen molar-refractivity contribution in [1.82, 2.24) is 37.2 Å². The maximum atomic E-state index is 14.1. The molecule has 73 heavy (non-hydrogen) atoms. The van der Waals surface area contributed by atoms with Crippen LogP contribution in [0.3, 0.4) is 0 Å². The molecular weight excluding hydrogens is 1020 g/mol. The van der Waals surface area contributed by atoms with E-state index in [0.717, 1.165) is 21.6 Å². The maximum Gasteiger partial charge on any atom is 0.321 e. The van der Waals surface area contributed by atoms with Crippen LogP contribution in [-0.4, -0.2) is 168 Å². The van der Waals surface area contributed by atoms with Gasteiger partial charge in [-0.3, -0.25) is 63.1 Å². The number of nitrogens with two attached hydrogens (primary N) is 10. The summed E-state index contributed by atoms with van der Waals surface area (Å²) >= 11 is 0. The Labute approximate surface area is 437 Å². The number of carboxylic acids is 1. The summed E-state index contributed by atoms with van der Waals surface area (Å²) in [6.07, 6.45) is 0.443. The van der Waals surface area contributed by atoms with E-state index < -0.39 is 102 Å². The number of primary amides is 1. The Bertz CT molecular complexity index is 1920. The van der Waals surface area contributed by atoms with Crippen molar-refractivity contribution < 1.29 is 48.3 Å². The molecule has 0 unspecified atom stereocenters. The van der Waals surface area contributed by atoms with Gasteiger partial charge in [0.25, 0.3) is 0 Å². The quantitative estimate of drug-likeness (QED) is 0.0120. The molecule has 0 aliphatic heterocycles. The number of carbonyl (C=O) groups excluding carboxylic acids is 8. The van der Waals surface area contributed by atoms with Crippen LogP contribution >= 0.6 is 34.0 Å². The molecule has 8 atom stereocenters. The van der Waals surface area contributed by atoms with E-state index in [9.17, 15) is 43.2 Å². The Balaban J connectivity index is -0.0000245. The monoisotopic (exact) mass is 1100 g/mol. The Kier molecular flexibility index (Phi) is 37.6. The van der Waals surface area contributed by atoms with Gasteiger partial charge < -0.3 is 99.7 Å². The molecule has 8 amide bonds. The number of carbonyl (C=O) groups is 9. The van der Waals surface area contributed by atoms with Crippen molar-refractivity contribution in [2.45, 2.75) is 128 Å².